The molecule has 1 unspecified atom stereocenters. The standard InChI is InChI=1S/C28H32N4OS/c1-4-30-19(3)25(18(2)29)26(31-17-20-9-5-6-10-20)21-13-15-22(16-14-21)27(33)28-32-23-11-7-8-12-24(23)34-28/h4,7-8,11-16,20,27,33H,1,5-6,9-10,17,29H2,2-3H3/b25-18-,30-19?,31-26?. The molecule has 1 saturated carbocycles. The van der Waals surface area contributed by atoms with E-state index in [0.29, 0.717) is 16.6 Å². The van der Waals surface area contributed by atoms with E-state index in [1.165, 1.54) is 43.2 Å². The first-order valence-corrected chi connectivity index (χ1v) is 12.6. The highest BCUT2D eigenvalue weighted by Gasteiger charge is 2.20. The molecule has 176 valence electrons. The van der Waals surface area contributed by atoms with Gasteiger partial charge in [0.05, 0.1) is 15.9 Å². The molecule has 0 bridgehead atoms. The van der Waals surface area contributed by atoms with Gasteiger partial charge in [0.25, 0.3) is 0 Å². The van der Waals surface area contributed by atoms with Crippen LogP contribution in [0.3, 0.4) is 0 Å². The quantitative estimate of drug-likeness (QED) is 0.383. The van der Waals surface area contributed by atoms with Crippen molar-refractivity contribution in [2.45, 2.75) is 45.6 Å². The van der Waals surface area contributed by atoms with E-state index < -0.39 is 6.10 Å². The maximum Gasteiger partial charge on any atom is 0.131 e. The molecule has 1 heterocycles. The van der Waals surface area contributed by atoms with Gasteiger partial charge in [0.1, 0.15) is 11.1 Å². The molecule has 1 atom stereocenters. The molecule has 2 aromatic carbocycles. The number of nitrogens with zero attached hydrogens (tertiary/aromatic N) is 3. The van der Waals surface area contributed by atoms with Gasteiger partial charge in [-0.2, -0.15) is 0 Å². The number of aliphatic imine (C=N–C) groups is 2. The number of nitrogens with two attached hydrogens (primary N) is 1. The Morgan fingerprint density at radius 3 is 2.53 bits per heavy atom. The number of benzene rings is 2. The van der Waals surface area contributed by atoms with E-state index in [1.54, 1.807) is 0 Å². The predicted octanol–water partition coefficient (Wildman–Crippen LogP) is 6.19. The maximum absolute atomic E-state index is 11.0. The third-order valence-corrected chi connectivity index (χ3v) is 7.39. The molecule has 1 aromatic heterocycles. The Bertz CT molecular complexity index is 1210. The molecule has 0 saturated heterocycles. The largest absolute Gasteiger partial charge is 0.402 e. The first-order valence-electron chi connectivity index (χ1n) is 11.8. The minimum atomic E-state index is -0.777. The SMILES string of the molecule is C=CN=C(C)/C(C(=NCC1CCCC1)c1ccc(C(O)c2nc3ccccc3s2)cc1)=C(\C)N. The van der Waals surface area contributed by atoms with Crippen LogP contribution in [0.5, 0.6) is 0 Å². The lowest BCUT2D eigenvalue weighted by atomic mass is 9.95. The normalized spacial score (nSPS) is 17.1. The molecular weight excluding hydrogens is 440 g/mol. The molecule has 1 aliphatic rings. The van der Waals surface area contributed by atoms with Crippen molar-refractivity contribution < 1.29 is 5.11 Å². The summed E-state index contributed by atoms with van der Waals surface area (Å²) in [6.45, 7) is 8.33. The summed E-state index contributed by atoms with van der Waals surface area (Å²) in [4.78, 5) is 14.1. The van der Waals surface area contributed by atoms with Crippen LogP contribution in [0.25, 0.3) is 10.2 Å². The molecule has 0 radical (unpaired) electrons. The average Bonchev–Trinajstić information content (AvgIpc) is 3.51. The van der Waals surface area contributed by atoms with E-state index in [2.05, 4.69) is 16.6 Å². The second-order valence-electron chi connectivity index (χ2n) is 8.84. The number of aromatic nitrogens is 1. The number of aliphatic hydroxyl groups excluding tert-OH is 1. The van der Waals surface area contributed by atoms with Gasteiger partial charge in [0, 0.05) is 35.3 Å². The molecule has 5 nitrogen and oxygen atoms in total. The van der Waals surface area contributed by atoms with E-state index in [1.807, 2.05) is 62.4 Å². The second kappa shape index (κ2) is 10.9. The molecule has 3 N–H and O–H groups in total. The van der Waals surface area contributed by atoms with Crippen LogP contribution in [0.4, 0.5) is 0 Å². The predicted molar refractivity (Wildman–Crippen MR) is 144 cm³/mol. The zero-order valence-corrected chi connectivity index (χ0v) is 20.7. The van der Waals surface area contributed by atoms with E-state index in [4.69, 9.17) is 10.7 Å². The summed E-state index contributed by atoms with van der Waals surface area (Å²) in [5.41, 5.74) is 12.1. The summed E-state index contributed by atoms with van der Waals surface area (Å²) >= 11 is 1.52. The summed E-state index contributed by atoms with van der Waals surface area (Å²) in [5.74, 6) is 0.617. The summed E-state index contributed by atoms with van der Waals surface area (Å²) in [6, 6.07) is 15.8. The van der Waals surface area contributed by atoms with Crippen LogP contribution in [0.15, 0.2) is 82.6 Å². The summed E-state index contributed by atoms with van der Waals surface area (Å²) in [7, 11) is 0. The first-order chi connectivity index (χ1) is 16.5. The van der Waals surface area contributed by atoms with Gasteiger partial charge in [-0.3, -0.25) is 9.98 Å². The van der Waals surface area contributed by atoms with E-state index in [9.17, 15) is 5.11 Å². The fraction of sp³-hybridized carbons (Fsp3) is 0.321. The Kier molecular flexibility index (Phi) is 7.70. The van der Waals surface area contributed by atoms with Gasteiger partial charge in [-0.05, 0) is 50.3 Å². The van der Waals surface area contributed by atoms with Gasteiger partial charge >= 0.3 is 0 Å². The van der Waals surface area contributed by atoms with Crippen molar-refractivity contribution in [1.29, 1.82) is 0 Å². The lowest BCUT2D eigenvalue weighted by molar-refractivity contribution is 0.220. The molecule has 1 aliphatic carbocycles. The smallest absolute Gasteiger partial charge is 0.131 e. The van der Waals surface area contributed by atoms with Crippen molar-refractivity contribution in [1.82, 2.24) is 4.98 Å². The van der Waals surface area contributed by atoms with Crippen molar-refractivity contribution in [2.75, 3.05) is 6.54 Å². The van der Waals surface area contributed by atoms with Gasteiger partial charge in [0.2, 0.25) is 0 Å². The molecule has 34 heavy (non-hydrogen) atoms. The van der Waals surface area contributed by atoms with Crippen LogP contribution in [0.2, 0.25) is 0 Å². The second-order valence-corrected chi connectivity index (χ2v) is 9.90. The molecule has 0 amide bonds. The third-order valence-electron chi connectivity index (χ3n) is 6.30. The monoisotopic (exact) mass is 472 g/mol. The van der Waals surface area contributed by atoms with Crippen LogP contribution in [-0.2, 0) is 0 Å². The molecule has 6 heteroatoms. The number of rotatable bonds is 8. The number of para-hydroxylation sites is 1. The van der Waals surface area contributed by atoms with Crippen LogP contribution >= 0.6 is 11.3 Å². The topological polar surface area (TPSA) is 83.9 Å². The first kappa shape index (κ1) is 24.0. The number of aliphatic hydroxyl groups is 1. The van der Waals surface area contributed by atoms with Crippen LogP contribution in [0, 0.1) is 5.92 Å². The van der Waals surface area contributed by atoms with E-state index in [0.717, 1.165) is 44.9 Å². The van der Waals surface area contributed by atoms with Crippen molar-refractivity contribution in [3.8, 4) is 0 Å². The summed E-state index contributed by atoms with van der Waals surface area (Å²) in [6.07, 6.45) is 5.77. The highest BCUT2D eigenvalue weighted by atomic mass is 32.1. The molecule has 0 spiro atoms. The molecular formula is C28H32N4OS. The molecule has 1 fully saturated rings. The third kappa shape index (κ3) is 5.34. The lowest BCUT2D eigenvalue weighted by Crippen LogP contribution is -2.19. The van der Waals surface area contributed by atoms with E-state index in [-0.39, 0.29) is 0 Å². The summed E-state index contributed by atoms with van der Waals surface area (Å²) < 4.78 is 1.07. The molecule has 3 aromatic rings. The van der Waals surface area contributed by atoms with Crippen molar-refractivity contribution in [2.24, 2.45) is 21.6 Å². The highest BCUT2D eigenvalue weighted by Crippen LogP contribution is 2.31. The number of thiazole rings is 1. The van der Waals surface area contributed by atoms with Gasteiger partial charge in [-0.15, -0.1) is 11.3 Å². The van der Waals surface area contributed by atoms with Crippen molar-refractivity contribution in [3.63, 3.8) is 0 Å². The van der Waals surface area contributed by atoms with E-state index >= 15 is 0 Å². The zero-order valence-electron chi connectivity index (χ0n) is 19.9. The molecule has 0 aliphatic heterocycles. The van der Waals surface area contributed by atoms with Crippen molar-refractivity contribution >= 4 is 33.0 Å². The maximum atomic E-state index is 11.0. The highest BCUT2D eigenvalue weighted by molar-refractivity contribution is 7.18. The Morgan fingerprint density at radius 1 is 1.18 bits per heavy atom. The Labute approximate surface area is 205 Å². The minimum Gasteiger partial charge on any atom is -0.402 e. The molecule has 4 rings (SSSR count). The number of hydrogen-bond donors (Lipinski definition) is 2. The van der Waals surface area contributed by atoms with Gasteiger partial charge in [0.15, 0.2) is 0 Å². The van der Waals surface area contributed by atoms with Gasteiger partial charge < -0.3 is 10.8 Å². The van der Waals surface area contributed by atoms with Gasteiger partial charge in [-0.25, -0.2) is 4.98 Å². The van der Waals surface area contributed by atoms with Crippen LogP contribution in [-0.4, -0.2) is 28.1 Å². The Balaban J connectivity index is 1.67. The number of hydrogen-bond acceptors (Lipinski definition) is 6. The fourth-order valence-corrected chi connectivity index (χ4v) is 5.53. The average molecular weight is 473 g/mol. The van der Waals surface area contributed by atoms with Crippen LogP contribution in [0.1, 0.15) is 61.8 Å². The van der Waals surface area contributed by atoms with Crippen LogP contribution < -0.4 is 5.73 Å². The zero-order chi connectivity index (χ0) is 24.1. The summed E-state index contributed by atoms with van der Waals surface area (Å²) in [5, 5.41) is 11.7. The lowest BCUT2D eigenvalue weighted by Gasteiger charge is -2.16. The Morgan fingerprint density at radius 2 is 1.88 bits per heavy atom. The number of allylic oxidation sites excluding steroid dienone is 2. The fourth-order valence-electron chi connectivity index (χ4n) is 4.55. The Hall–Kier alpha value is -3.09. The van der Waals surface area contributed by atoms with Gasteiger partial charge in [-0.1, -0.05) is 55.8 Å². The number of fused-ring (bicyclic) bond motifs is 1. The minimum absolute atomic E-state index is 0.617. The van der Waals surface area contributed by atoms with Crippen molar-refractivity contribution in [3.05, 3.63) is 88.7 Å².